The largest absolute Gasteiger partial charge is 0.348 e. The quantitative estimate of drug-likeness (QED) is 0.813. The highest BCUT2D eigenvalue weighted by atomic mass is 32.1. The van der Waals surface area contributed by atoms with Crippen molar-refractivity contribution in [1.82, 2.24) is 9.88 Å². The Morgan fingerprint density at radius 1 is 1.17 bits per heavy atom. The van der Waals surface area contributed by atoms with Gasteiger partial charge in [-0.25, -0.2) is 4.98 Å². The van der Waals surface area contributed by atoms with Crippen molar-refractivity contribution in [1.29, 1.82) is 0 Å². The minimum atomic E-state index is -0.156. The molecule has 1 aromatic carbocycles. The molecule has 0 bridgehead atoms. The number of rotatable bonds is 3. The molecule has 4 rings (SSSR count). The first kappa shape index (κ1) is 14.4. The van der Waals surface area contributed by atoms with Crippen LogP contribution in [0.2, 0.25) is 0 Å². The predicted octanol–water partition coefficient (Wildman–Crippen LogP) is 2.66. The normalized spacial score (nSPS) is 21.0. The Hall–Kier alpha value is -2.21. The minimum absolute atomic E-state index is 0.156. The number of nitrogens with zero attached hydrogens (tertiary/aromatic N) is 3. The van der Waals surface area contributed by atoms with Crippen molar-refractivity contribution >= 4 is 28.3 Å². The average molecular weight is 327 g/mol. The van der Waals surface area contributed by atoms with Gasteiger partial charge in [0.2, 0.25) is 0 Å². The van der Waals surface area contributed by atoms with E-state index in [1.807, 2.05) is 11.6 Å². The topological polar surface area (TPSA) is 53.5 Å². The lowest BCUT2D eigenvalue weighted by molar-refractivity contribution is 0.0624. The summed E-state index contributed by atoms with van der Waals surface area (Å²) in [5.74, 6) is -0.0104. The summed E-state index contributed by atoms with van der Waals surface area (Å²) in [6, 6.07) is 7.08. The molecule has 0 unspecified atom stereocenters. The van der Waals surface area contributed by atoms with Gasteiger partial charge in [0.05, 0.1) is 11.1 Å². The van der Waals surface area contributed by atoms with Crippen LogP contribution in [0.3, 0.4) is 0 Å². The number of carbonyl (C=O) groups is 2. The fourth-order valence-electron chi connectivity index (χ4n) is 3.42. The van der Waals surface area contributed by atoms with Crippen molar-refractivity contribution in [2.24, 2.45) is 5.92 Å². The molecule has 6 heteroatoms. The monoisotopic (exact) mass is 327 g/mol. The van der Waals surface area contributed by atoms with Gasteiger partial charge in [0, 0.05) is 31.2 Å². The minimum Gasteiger partial charge on any atom is -0.348 e. The highest BCUT2D eigenvalue weighted by Gasteiger charge is 2.37. The molecule has 1 fully saturated rings. The van der Waals surface area contributed by atoms with Crippen LogP contribution in [0.5, 0.6) is 0 Å². The van der Waals surface area contributed by atoms with Crippen molar-refractivity contribution in [3.63, 3.8) is 0 Å². The molecular weight excluding hydrogens is 310 g/mol. The zero-order valence-electron chi connectivity index (χ0n) is 12.6. The van der Waals surface area contributed by atoms with Crippen molar-refractivity contribution in [3.05, 3.63) is 47.0 Å². The molecule has 1 aromatic heterocycles. The number of carbonyl (C=O) groups excluding carboxylic acids is 2. The van der Waals surface area contributed by atoms with Crippen LogP contribution in [0.25, 0.3) is 0 Å². The fraction of sp³-hybridized carbons (Fsp3) is 0.353. The molecule has 2 aliphatic rings. The highest BCUT2D eigenvalue weighted by molar-refractivity contribution is 7.13. The Balaban J connectivity index is 1.48. The van der Waals surface area contributed by atoms with Crippen molar-refractivity contribution < 1.29 is 9.59 Å². The maximum absolute atomic E-state index is 12.5. The van der Waals surface area contributed by atoms with Crippen LogP contribution in [-0.2, 0) is 0 Å². The Bertz CT molecular complexity index is 709. The van der Waals surface area contributed by atoms with Crippen LogP contribution in [0.4, 0.5) is 5.13 Å². The molecule has 0 radical (unpaired) electrons. The van der Waals surface area contributed by atoms with Gasteiger partial charge in [-0.05, 0) is 30.9 Å². The highest BCUT2D eigenvalue weighted by Crippen LogP contribution is 2.28. The van der Waals surface area contributed by atoms with Crippen LogP contribution in [0, 0.1) is 5.92 Å². The smallest absolute Gasteiger partial charge is 0.261 e. The molecule has 2 aromatic rings. The summed E-state index contributed by atoms with van der Waals surface area (Å²) >= 11 is 1.63. The van der Waals surface area contributed by atoms with Gasteiger partial charge < -0.3 is 4.90 Å². The molecule has 23 heavy (non-hydrogen) atoms. The third-order valence-corrected chi connectivity index (χ3v) is 5.36. The zero-order valence-corrected chi connectivity index (χ0v) is 13.5. The summed E-state index contributed by atoms with van der Waals surface area (Å²) in [5.41, 5.74) is 1.06. The van der Waals surface area contributed by atoms with Gasteiger partial charge in [0.1, 0.15) is 0 Å². The molecule has 0 spiro atoms. The van der Waals surface area contributed by atoms with Gasteiger partial charge >= 0.3 is 0 Å². The van der Waals surface area contributed by atoms with Crippen LogP contribution in [-0.4, -0.2) is 41.3 Å². The number of anilines is 1. The van der Waals surface area contributed by atoms with E-state index < -0.39 is 0 Å². The van der Waals surface area contributed by atoms with Crippen molar-refractivity contribution in [2.75, 3.05) is 24.5 Å². The van der Waals surface area contributed by atoms with E-state index >= 15 is 0 Å². The predicted molar refractivity (Wildman–Crippen MR) is 88.9 cm³/mol. The van der Waals surface area contributed by atoms with E-state index in [0.717, 1.165) is 31.1 Å². The number of hydrogen-bond donors (Lipinski definition) is 0. The number of piperidine rings is 1. The third-order valence-electron chi connectivity index (χ3n) is 4.53. The summed E-state index contributed by atoms with van der Waals surface area (Å²) < 4.78 is 0. The van der Waals surface area contributed by atoms with E-state index in [0.29, 0.717) is 23.6 Å². The summed E-state index contributed by atoms with van der Waals surface area (Å²) in [5, 5.41) is 3.00. The Kier molecular flexibility index (Phi) is 3.61. The zero-order chi connectivity index (χ0) is 15.8. The van der Waals surface area contributed by atoms with Crippen molar-refractivity contribution in [3.8, 4) is 0 Å². The summed E-state index contributed by atoms with van der Waals surface area (Å²) in [4.78, 5) is 33.0. The third kappa shape index (κ3) is 2.53. The number of aromatic nitrogens is 1. The molecule has 3 heterocycles. The van der Waals surface area contributed by atoms with Crippen LogP contribution in [0.15, 0.2) is 35.8 Å². The van der Waals surface area contributed by atoms with E-state index in [2.05, 4.69) is 9.88 Å². The lowest BCUT2D eigenvalue weighted by Crippen LogP contribution is -2.42. The van der Waals surface area contributed by atoms with E-state index in [1.165, 1.54) is 4.90 Å². The van der Waals surface area contributed by atoms with Gasteiger partial charge in [0.25, 0.3) is 11.8 Å². The Labute approximate surface area is 138 Å². The van der Waals surface area contributed by atoms with Crippen LogP contribution < -0.4 is 4.90 Å². The first-order chi connectivity index (χ1) is 11.2. The van der Waals surface area contributed by atoms with Crippen molar-refractivity contribution in [2.45, 2.75) is 12.8 Å². The van der Waals surface area contributed by atoms with E-state index in [4.69, 9.17) is 0 Å². The van der Waals surface area contributed by atoms with Gasteiger partial charge in [0.15, 0.2) is 5.13 Å². The maximum Gasteiger partial charge on any atom is 0.261 e. The first-order valence-corrected chi connectivity index (χ1v) is 8.71. The molecule has 1 atom stereocenters. The number of fused-ring (bicyclic) bond motifs is 1. The van der Waals surface area contributed by atoms with E-state index in [-0.39, 0.29) is 11.8 Å². The fourth-order valence-corrected chi connectivity index (χ4v) is 4.10. The number of thiazole rings is 1. The molecule has 5 nitrogen and oxygen atoms in total. The summed E-state index contributed by atoms with van der Waals surface area (Å²) in [6.07, 6.45) is 3.91. The van der Waals surface area contributed by atoms with Gasteiger partial charge in [-0.2, -0.15) is 0 Å². The second-order valence-corrected chi connectivity index (χ2v) is 6.91. The second kappa shape index (κ2) is 5.77. The van der Waals surface area contributed by atoms with Gasteiger partial charge in [-0.1, -0.05) is 12.1 Å². The molecular formula is C17H17N3O2S. The first-order valence-electron chi connectivity index (χ1n) is 7.83. The summed E-state index contributed by atoms with van der Waals surface area (Å²) in [6.45, 7) is 2.33. The second-order valence-electron chi connectivity index (χ2n) is 6.04. The number of hydrogen-bond acceptors (Lipinski definition) is 5. The number of imide groups is 1. The van der Waals surface area contributed by atoms with Gasteiger partial charge in [-0.3, -0.25) is 14.5 Å². The lowest BCUT2D eigenvalue weighted by atomic mass is 9.98. The lowest BCUT2D eigenvalue weighted by Gasteiger charge is -2.34. The molecule has 0 saturated carbocycles. The molecule has 0 aliphatic carbocycles. The molecule has 2 amide bonds. The van der Waals surface area contributed by atoms with E-state index in [9.17, 15) is 9.59 Å². The SMILES string of the molecule is O=C1c2ccccc2C(=O)N1C[C@H]1CCCN(c2nccs2)C1. The molecule has 0 N–H and O–H groups in total. The Morgan fingerprint density at radius 2 is 1.91 bits per heavy atom. The van der Waals surface area contributed by atoms with Gasteiger partial charge in [-0.15, -0.1) is 11.3 Å². The standard InChI is InChI=1S/C17H17N3O2S/c21-15-13-5-1-2-6-14(13)16(22)20(15)11-12-4-3-8-19(10-12)17-18-7-9-23-17/h1-2,5-7,9,12H,3-4,8,10-11H2/t12-/m0/s1. The molecule has 1 saturated heterocycles. The molecule has 2 aliphatic heterocycles. The average Bonchev–Trinajstić information content (AvgIpc) is 3.20. The van der Waals surface area contributed by atoms with Crippen LogP contribution >= 0.6 is 11.3 Å². The maximum atomic E-state index is 12.5. The Morgan fingerprint density at radius 3 is 2.57 bits per heavy atom. The molecule has 118 valence electrons. The number of amides is 2. The van der Waals surface area contributed by atoms with Crippen LogP contribution in [0.1, 0.15) is 33.6 Å². The van der Waals surface area contributed by atoms with E-state index in [1.54, 1.807) is 35.6 Å². The summed E-state index contributed by atoms with van der Waals surface area (Å²) in [7, 11) is 0. The number of benzene rings is 1.